The van der Waals surface area contributed by atoms with Crippen LogP contribution in [0.1, 0.15) is 12.5 Å². The maximum absolute atomic E-state index is 12.9. The lowest BCUT2D eigenvalue weighted by Gasteiger charge is -2.20. The van der Waals surface area contributed by atoms with Crippen LogP contribution in [0.2, 0.25) is 0 Å². The third kappa shape index (κ3) is 2.71. The van der Waals surface area contributed by atoms with Gasteiger partial charge in [-0.2, -0.15) is 5.11 Å². The zero-order valence-corrected chi connectivity index (χ0v) is 14.3. The SMILES string of the molecule is CCOc1ccc(N2C(=O)C3N=NN(Cc4ccccc4)C3C2=O)cc1. The Morgan fingerprint density at radius 3 is 2.42 bits per heavy atom. The standard InChI is InChI=1S/C19H18N4O3/c1-2-26-15-10-8-14(9-11-15)23-18(24)16-17(19(23)25)22(21-20-16)12-13-6-4-3-5-7-13/h3-11,16-17H,2,12H2,1H3. The summed E-state index contributed by atoms with van der Waals surface area (Å²) >= 11 is 0. The molecule has 0 N–H and O–H groups in total. The van der Waals surface area contributed by atoms with Crippen LogP contribution in [0.5, 0.6) is 5.75 Å². The smallest absolute Gasteiger partial charge is 0.263 e. The number of ether oxygens (including phenoxy) is 1. The molecule has 2 amide bonds. The monoisotopic (exact) mass is 350 g/mol. The summed E-state index contributed by atoms with van der Waals surface area (Å²) in [5.41, 5.74) is 1.53. The topological polar surface area (TPSA) is 74.6 Å². The van der Waals surface area contributed by atoms with Crippen molar-refractivity contribution in [2.24, 2.45) is 10.3 Å². The van der Waals surface area contributed by atoms with E-state index in [2.05, 4.69) is 10.3 Å². The van der Waals surface area contributed by atoms with Crippen molar-refractivity contribution in [2.75, 3.05) is 11.5 Å². The largest absolute Gasteiger partial charge is 0.494 e. The highest BCUT2D eigenvalue weighted by Gasteiger charge is 2.54. The number of nitrogens with zero attached hydrogens (tertiary/aromatic N) is 4. The van der Waals surface area contributed by atoms with Gasteiger partial charge in [-0.15, -0.1) is 0 Å². The van der Waals surface area contributed by atoms with E-state index in [-0.39, 0.29) is 11.8 Å². The van der Waals surface area contributed by atoms with Crippen molar-refractivity contribution in [3.8, 4) is 5.75 Å². The van der Waals surface area contributed by atoms with E-state index in [9.17, 15) is 9.59 Å². The van der Waals surface area contributed by atoms with Gasteiger partial charge in [0.25, 0.3) is 11.8 Å². The Labute approximate surface area is 150 Å². The summed E-state index contributed by atoms with van der Waals surface area (Å²) in [6.07, 6.45) is 0. The number of benzene rings is 2. The molecule has 0 radical (unpaired) electrons. The molecule has 0 bridgehead atoms. The van der Waals surface area contributed by atoms with E-state index < -0.39 is 12.1 Å². The van der Waals surface area contributed by atoms with Gasteiger partial charge in [0, 0.05) is 0 Å². The Balaban J connectivity index is 1.56. The van der Waals surface area contributed by atoms with E-state index >= 15 is 0 Å². The molecule has 2 aromatic rings. The number of carbonyl (C=O) groups excluding carboxylic acids is 2. The van der Waals surface area contributed by atoms with Gasteiger partial charge in [0.1, 0.15) is 5.75 Å². The van der Waals surface area contributed by atoms with Crippen molar-refractivity contribution >= 4 is 17.5 Å². The number of amides is 2. The fourth-order valence-corrected chi connectivity index (χ4v) is 3.24. The highest BCUT2D eigenvalue weighted by molar-refractivity contribution is 6.25. The lowest BCUT2D eigenvalue weighted by molar-refractivity contribution is -0.123. The van der Waals surface area contributed by atoms with Crippen LogP contribution in [0.15, 0.2) is 64.9 Å². The average molecular weight is 350 g/mol. The quantitative estimate of drug-likeness (QED) is 0.777. The van der Waals surface area contributed by atoms with Crippen LogP contribution in [-0.2, 0) is 16.1 Å². The van der Waals surface area contributed by atoms with Gasteiger partial charge in [-0.05, 0) is 36.8 Å². The summed E-state index contributed by atoms with van der Waals surface area (Å²) in [6.45, 7) is 2.89. The molecule has 4 rings (SSSR count). The third-order valence-corrected chi connectivity index (χ3v) is 4.45. The van der Waals surface area contributed by atoms with Crippen molar-refractivity contribution in [3.05, 3.63) is 60.2 Å². The molecular weight excluding hydrogens is 332 g/mol. The van der Waals surface area contributed by atoms with E-state index in [0.717, 1.165) is 5.56 Å². The van der Waals surface area contributed by atoms with Crippen molar-refractivity contribution in [3.63, 3.8) is 0 Å². The van der Waals surface area contributed by atoms with Crippen LogP contribution in [0.25, 0.3) is 0 Å². The first-order valence-electron chi connectivity index (χ1n) is 8.51. The molecule has 0 spiro atoms. The second-order valence-electron chi connectivity index (χ2n) is 6.12. The number of imide groups is 1. The fraction of sp³-hybridized carbons (Fsp3) is 0.263. The van der Waals surface area contributed by atoms with Crippen molar-refractivity contribution < 1.29 is 14.3 Å². The first-order chi connectivity index (χ1) is 12.7. The van der Waals surface area contributed by atoms with E-state index in [1.54, 1.807) is 29.3 Å². The molecule has 1 saturated heterocycles. The van der Waals surface area contributed by atoms with Crippen LogP contribution in [0.3, 0.4) is 0 Å². The number of rotatable bonds is 5. The maximum Gasteiger partial charge on any atom is 0.263 e. The molecule has 7 heteroatoms. The van der Waals surface area contributed by atoms with Gasteiger partial charge in [0.05, 0.1) is 18.8 Å². The predicted molar refractivity (Wildman–Crippen MR) is 94.5 cm³/mol. The molecule has 2 aliphatic rings. The number of fused-ring (bicyclic) bond motifs is 1. The second kappa shape index (κ2) is 6.59. The van der Waals surface area contributed by atoms with Crippen LogP contribution < -0.4 is 9.64 Å². The molecule has 2 aromatic carbocycles. The normalized spacial score (nSPS) is 21.4. The summed E-state index contributed by atoms with van der Waals surface area (Å²) < 4.78 is 5.41. The van der Waals surface area contributed by atoms with Gasteiger partial charge in [-0.1, -0.05) is 35.6 Å². The molecule has 2 unspecified atom stereocenters. The Bertz CT molecular complexity index is 851. The minimum absolute atomic E-state index is 0.301. The lowest BCUT2D eigenvalue weighted by Crippen LogP contribution is -2.39. The zero-order valence-electron chi connectivity index (χ0n) is 14.3. The van der Waals surface area contributed by atoms with E-state index in [1.165, 1.54) is 4.90 Å². The molecule has 26 heavy (non-hydrogen) atoms. The Morgan fingerprint density at radius 2 is 1.73 bits per heavy atom. The second-order valence-corrected chi connectivity index (χ2v) is 6.12. The van der Waals surface area contributed by atoms with Gasteiger partial charge < -0.3 is 4.74 Å². The van der Waals surface area contributed by atoms with Crippen LogP contribution >= 0.6 is 0 Å². The molecule has 2 atom stereocenters. The molecular formula is C19H18N4O3. The van der Waals surface area contributed by atoms with Gasteiger partial charge >= 0.3 is 0 Å². The maximum atomic E-state index is 12.9. The summed E-state index contributed by atoms with van der Waals surface area (Å²) in [5.74, 6) is 0.0505. The summed E-state index contributed by atoms with van der Waals surface area (Å²) in [4.78, 5) is 26.8. The Kier molecular flexibility index (Phi) is 4.12. The fourth-order valence-electron chi connectivity index (χ4n) is 3.24. The molecule has 2 heterocycles. The predicted octanol–water partition coefficient (Wildman–Crippen LogP) is 2.58. The third-order valence-electron chi connectivity index (χ3n) is 4.45. The summed E-state index contributed by atoms with van der Waals surface area (Å²) in [5, 5.41) is 9.69. The summed E-state index contributed by atoms with van der Waals surface area (Å²) in [7, 11) is 0. The molecule has 0 saturated carbocycles. The molecule has 7 nitrogen and oxygen atoms in total. The minimum Gasteiger partial charge on any atom is -0.494 e. The minimum atomic E-state index is -0.780. The number of carbonyl (C=O) groups is 2. The average Bonchev–Trinajstić information content (AvgIpc) is 3.18. The first kappa shape index (κ1) is 16.3. The molecule has 0 aliphatic carbocycles. The van der Waals surface area contributed by atoms with Crippen LogP contribution in [0, 0.1) is 0 Å². The van der Waals surface area contributed by atoms with Crippen molar-refractivity contribution in [2.45, 2.75) is 25.6 Å². The molecule has 132 valence electrons. The Hall–Kier alpha value is -3.22. The van der Waals surface area contributed by atoms with E-state index in [1.807, 2.05) is 37.3 Å². The van der Waals surface area contributed by atoms with E-state index in [4.69, 9.17) is 4.74 Å². The Morgan fingerprint density at radius 1 is 1.00 bits per heavy atom. The van der Waals surface area contributed by atoms with Crippen LogP contribution in [-0.4, -0.2) is 35.5 Å². The molecule has 2 aliphatic heterocycles. The van der Waals surface area contributed by atoms with Gasteiger partial charge in [0.2, 0.25) is 0 Å². The van der Waals surface area contributed by atoms with Gasteiger partial charge in [0.15, 0.2) is 12.1 Å². The highest BCUT2D eigenvalue weighted by atomic mass is 16.5. The number of hydrogen-bond donors (Lipinski definition) is 0. The number of hydrogen-bond acceptors (Lipinski definition) is 6. The zero-order chi connectivity index (χ0) is 18.1. The first-order valence-corrected chi connectivity index (χ1v) is 8.51. The van der Waals surface area contributed by atoms with Crippen LogP contribution in [0.4, 0.5) is 5.69 Å². The van der Waals surface area contributed by atoms with Crippen molar-refractivity contribution in [1.29, 1.82) is 0 Å². The van der Waals surface area contributed by atoms with Crippen molar-refractivity contribution in [1.82, 2.24) is 5.01 Å². The molecule has 1 fully saturated rings. The van der Waals surface area contributed by atoms with Gasteiger partial charge in [-0.3, -0.25) is 14.6 Å². The lowest BCUT2D eigenvalue weighted by atomic mass is 10.1. The van der Waals surface area contributed by atoms with E-state index in [0.29, 0.717) is 24.6 Å². The number of anilines is 1. The van der Waals surface area contributed by atoms with Gasteiger partial charge in [-0.25, -0.2) is 4.90 Å². The molecule has 0 aromatic heterocycles. The highest BCUT2D eigenvalue weighted by Crippen LogP contribution is 2.33. The summed E-state index contributed by atoms with van der Waals surface area (Å²) in [6, 6.07) is 15.1.